The maximum absolute atomic E-state index is 11.0. The van der Waals surface area contributed by atoms with Crippen LogP contribution in [-0.2, 0) is 4.79 Å². The van der Waals surface area contributed by atoms with Gasteiger partial charge < -0.3 is 5.11 Å². The number of aliphatic hydroxyl groups is 1. The average Bonchev–Trinajstić information content (AvgIpc) is 1.83. The van der Waals surface area contributed by atoms with E-state index in [4.69, 9.17) is 0 Å². The lowest BCUT2D eigenvalue weighted by Gasteiger charge is -2.24. The Bertz CT molecular complexity index is 270. The molecule has 0 amide bonds. The van der Waals surface area contributed by atoms with Crippen molar-refractivity contribution in [3.05, 3.63) is 23.5 Å². The SMILES string of the molecule is CC(=O)C1=C(O)CC(C)(C)C=C1. The van der Waals surface area contributed by atoms with Crippen LogP contribution in [0.25, 0.3) is 0 Å². The van der Waals surface area contributed by atoms with Crippen LogP contribution in [0, 0.1) is 5.41 Å². The van der Waals surface area contributed by atoms with E-state index in [-0.39, 0.29) is 17.0 Å². The molecule has 0 aromatic rings. The molecule has 0 fully saturated rings. The lowest BCUT2D eigenvalue weighted by atomic mass is 9.82. The molecule has 2 nitrogen and oxygen atoms in total. The summed E-state index contributed by atoms with van der Waals surface area (Å²) in [5, 5.41) is 9.48. The van der Waals surface area contributed by atoms with Crippen LogP contribution in [0.4, 0.5) is 0 Å². The molecule has 1 aliphatic carbocycles. The molecule has 0 bridgehead atoms. The van der Waals surface area contributed by atoms with Crippen LogP contribution >= 0.6 is 0 Å². The molecular weight excluding hydrogens is 152 g/mol. The van der Waals surface area contributed by atoms with E-state index in [0.717, 1.165) is 0 Å². The molecule has 0 heterocycles. The van der Waals surface area contributed by atoms with E-state index in [1.54, 1.807) is 6.08 Å². The first-order chi connectivity index (χ1) is 5.42. The molecule has 2 heteroatoms. The number of carbonyl (C=O) groups is 1. The summed E-state index contributed by atoms with van der Waals surface area (Å²) in [6.07, 6.45) is 4.23. The van der Waals surface area contributed by atoms with Gasteiger partial charge in [0.15, 0.2) is 5.78 Å². The monoisotopic (exact) mass is 166 g/mol. The van der Waals surface area contributed by atoms with Gasteiger partial charge in [-0.1, -0.05) is 26.0 Å². The lowest BCUT2D eigenvalue weighted by Crippen LogP contribution is -2.15. The maximum Gasteiger partial charge on any atom is 0.163 e. The third-order valence-corrected chi connectivity index (χ3v) is 2.01. The van der Waals surface area contributed by atoms with Gasteiger partial charge in [0.1, 0.15) is 5.76 Å². The Kier molecular flexibility index (Phi) is 2.09. The number of hydrogen-bond acceptors (Lipinski definition) is 2. The van der Waals surface area contributed by atoms with E-state index in [9.17, 15) is 9.90 Å². The zero-order chi connectivity index (χ0) is 9.35. The summed E-state index contributed by atoms with van der Waals surface area (Å²) in [7, 11) is 0. The van der Waals surface area contributed by atoms with Crippen molar-refractivity contribution in [2.24, 2.45) is 5.41 Å². The third-order valence-electron chi connectivity index (χ3n) is 2.01. The molecular formula is C10H14O2. The summed E-state index contributed by atoms with van der Waals surface area (Å²) >= 11 is 0. The molecule has 1 aliphatic rings. The first kappa shape index (κ1) is 9.04. The van der Waals surface area contributed by atoms with Crippen molar-refractivity contribution < 1.29 is 9.90 Å². The molecule has 0 saturated heterocycles. The van der Waals surface area contributed by atoms with Gasteiger partial charge in [-0.2, -0.15) is 0 Å². The second kappa shape index (κ2) is 2.77. The van der Waals surface area contributed by atoms with Gasteiger partial charge in [-0.05, 0) is 12.3 Å². The van der Waals surface area contributed by atoms with Gasteiger partial charge in [-0.3, -0.25) is 4.79 Å². The third kappa shape index (κ3) is 1.76. The molecule has 0 aromatic carbocycles. The van der Waals surface area contributed by atoms with Gasteiger partial charge in [0, 0.05) is 6.42 Å². The van der Waals surface area contributed by atoms with Crippen LogP contribution in [0.2, 0.25) is 0 Å². The van der Waals surface area contributed by atoms with Crippen molar-refractivity contribution in [3.63, 3.8) is 0 Å². The molecule has 0 aliphatic heterocycles. The standard InChI is InChI=1S/C10H14O2/c1-7(11)8-4-5-10(2,3)6-9(8)12/h4-5,12H,6H2,1-3H3. The summed E-state index contributed by atoms with van der Waals surface area (Å²) in [6.45, 7) is 5.52. The van der Waals surface area contributed by atoms with Gasteiger partial charge in [0.2, 0.25) is 0 Å². The van der Waals surface area contributed by atoms with Gasteiger partial charge >= 0.3 is 0 Å². The molecule has 0 radical (unpaired) electrons. The molecule has 0 aromatic heterocycles. The first-order valence-corrected chi connectivity index (χ1v) is 4.05. The number of ketones is 1. The highest BCUT2D eigenvalue weighted by Gasteiger charge is 2.23. The van der Waals surface area contributed by atoms with Crippen LogP contribution in [0.15, 0.2) is 23.5 Å². The zero-order valence-corrected chi connectivity index (χ0v) is 7.72. The Hall–Kier alpha value is -1.05. The van der Waals surface area contributed by atoms with E-state index in [1.165, 1.54) is 6.92 Å². The van der Waals surface area contributed by atoms with E-state index in [1.807, 2.05) is 19.9 Å². The number of rotatable bonds is 1. The van der Waals surface area contributed by atoms with Gasteiger partial charge in [0.05, 0.1) is 5.57 Å². The molecule has 0 atom stereocenters. The van der Waals surface area contributed by atoms with Gasteiger partial charge in [-0.25, -0.2) is 0 Å². The molecule has 1 N–H and O–H groups in total. The minimum absolute atomic E-state index is 0.0248. The van der Waals surface area contributed by atoms with Gasteiger partial charge in [0.25, 0.3) is 0 Å². The second-order valence-corrected chi connectivity index (χ2v) is 3.92. The van der Waals surface area contributed by atoms with E-state index in [0.29, 0.717) is 12.0 Å². The molecule has 0 spiro atoms. The lowest BCUT2D eigenvalue weighted by molar-refractivity contribution is -0.113. The second-order valence-electron chi connectivity index (χ2n) is 3.92. The predicted molar refractivity (Wildman–Crippen MR) is 47.9 cm³/mol. The summed E-state index contributed by atoms with van der Waals surface area (Å²) in [6, 6.07) is 0. The highest BCUT2D eigenvalue weighted by molar-refractivity contribution is 5.96. The Labute approximate surface area is 72.6 Å². The Balaban J connectivity index is 2.95. The highest BCUT2D eigenvalue weighted by Crippen LogP contribution is 2.32. The van der Waals surface area contributed by atoms with Crippen molar-refractivity contribution in [2.75, 3.05) is 0 Å². The van der Waals surface area contributed by atoms with Crippen LogP contribution in [0.1, 0.15) is 27.2 Å². The van der Waals surface area contributed by atoms with Crippen molar-refractivity contribution in [2.45, 2.75) is 27.2 Å². The maximum atomic E-state index is 11.0. The fourth-order valence-electron chi connectivity index (χ4n) is 1.31. The number of allylic oxidation sites excluding steroid dienone is 4. The summed E-state index contributed by atoms with van der Waals surface area (Å²) in [5.74, 6) is 0.147. The van der Waals surface area contributed by atoms with Gasteiger partial charge in [-0.15, -0.1) is 0 Å². The van der Waals surface area contributed by atoms with Crippen molar-refractivity contribution in [1.82, 2.24) is 0 Å². The Morgan fingerprint density at radius 3 is 2.58 bits per heavy atom. The average molecular weight is 166 g/mol. The first-order valence-electron chi connectivity index (χ1n) is 4.05. The number of hydrogen-bond donors (Lipinski definition) is 1. The minimum Gasteiger partial charge on any atom is -0.512 e. The smallest absolute Gasteiger partial charge is 0.163 e. The summed E-state index contributed by atoms with van der Waals surface area (Å²) < 4.78 is 0. The highest BCUT2D eigenvalue weighted by atomic mass is 16.3. The van der Waals surface area contributed by atoms with Crippen LogP contribution in [0.3, 0.4) is 0 Å². The number of Topliss-reactive ketones (excluding diaryl/α,β-unsaturated/α-hetero) is 1. The van der Waals surface area contributed by atoms with E-state index in [2.05, 4.69) is 0 Å². The fraction of sp³-hybridized carbons (Fsp3) is 0.500. The topological polar surface area (TPSA) is 37.3 Å². The summed E-state index contributed by atoms with van der Waals surface area (Å²) in [5.41, 5.74) is 0.428. The number of aliphatic hydroxyl groups excluding tert-OH is 1. The molecule has 12 heavy (non-hydrogen) atoms. The van der Waals surface area contributed by atoms with Crippen molar-refractivity contribution >= 4 is 5.78 Å². The molecule has 66 valence electrons. The van der Waals surface area contributed by atoms with E-state index < -0.39 is 0 Å². The Morgan fingerprint density at radius 1 is 1.58 bits per heavy atom. The quantitative estimate of drug-likeness (QED) is 0.649. The van der Waals surface area contributed by atoms with E-state index >= 15 is 0 Å². The largest absolute Gasteiger partial charge is 0.512 e. The number of carbonyl (C=O) groups excluding carboxylic acids is 1. The van der Waals surface area contributed by atoms with Crippen molar-refractivity contribution in [1.29, 1.82) is 0 Å². The minimum atomic E-state index is -0.0701. The van der Waals surface area contributed by atoms with Crippen LogP contribution in [-0.4, -0.2) is 10.9 Å². The molecule has 0 saturated carbocycles. The molecule has 1 rings (SSSR count). The predicted octanol–water partition coefficient (Wildman–Crippen LogP) is 2.37. The summed E-state index contributed by atoms with van der Waals surface area (Å²) in [4.78, 5) is 11.0. The fourth-order valence-corrected chi connectivity index (χ4v) is 1.31. The van der Waals surface area contributed by atoms with Crippen LogP contribution < -0.4 is 0 Å². The normalized spacial score (nSPS) is 21.2. The zero-order valence-electron chi connectivity index (χ0n) is 7.72. The Morgan fingerprint density at radius 2 is 2.17 bits per heavy atom. The van der Waals surface area contributed by atoms with Crippen LogP contribution in [0.5, 0.6) is 0 Å². The van der Waals surface area contributed by atoms with Crippen molar-refractivity contribution in [3.8, 4) is 0 Å². The molecule has 0 unspecified atom stereocenters.